The molecule has 0 bridgehead atoms. The van der Waals surface area contributed by atoms with E-state index < -0.39 is 0 Å². The van der Waals surface area contributed by atoms with E-state index in [1.807, 2.05) is 19.1 Å². The maximum Gasteiger partial charge on any atom is 0.252 e. The number of aliphatic hydroxyl groups excluding tert-OH is 1. The summed E-state index contributed by atoms with van der Waals surface area (Å²) in [7, 11) is 0. The first-order chi connectivity index (χ1) is 9.71. The van der Waals surface area contributed by atoms with Gasteiger partial charge in [-0.25, -0.2) is 0 Å². The number of carbonyl (C=O) groups excluding carboxylic acids is 1. The smallest absolute Gasteiger partial charge is 0.252 e. The van der Waals surface area contributed by atoms with Gasteiger partial charge in [0, 0.05) is 11.6 Å². The molecule has 0 atom stereocenters. The minimum absolute atomic E-state index is 0.0964. The van der Waals surface area contributed by atoms with Crippen molar-refractivity contribution < 1.29 is 9.90 Å². The zero-order valence-corrected chi connectivity index (χ0v) is 13.4. The Bertz CT molecular complexity index is 618. The van der Waals surface area contributed by atoms with Gasteiger partial charge in [-0.15, -0.1) is 0 Å². The van der Waals surface area contributed by atoms with Gasteiger partial charge in [0.2, 0.25) is 0 Å². The van der Waals surface area contributed by atoms with Crippen molar-refractivity contribution in [3.05, 3.63) is 34.9 Å². The van der Waals surface area contributed by atoms with E-state index in [1.54, 1.807) is 6.07 Å². The average Bonchev–Trinajstić information content (AvgIpc) is 2.78. The third kappa shape index (κ3) is 2.69. The van der Waals surface area contributed by atoms with Gasteiger partial charge >= 0.3 is 0 Å². The van der Waals surface area contributed by atoms with E-state index in [4.69, 9.17) is 5.11 Å². The van der Waals surface area contributed by atoms with Crippen LogP contribution in [0, 0.1) is 29.6 Å². The van der Waals surface area contributed by atoms with Crippen LogP contribution in [-0.2, 0) is 0 Å². The molecule has 2 N–H and O–H groups in total. The van der Waals surface area contributed by atoms with Gasteiger partial charge in [-0.3, -0.25) is 4.79 Å². The van der Waals surface area contributed by atoms with Crippen molar-refractivity contribution in [1.82, 2.24) is 5.32 Å². The number of aryl methyl sites for hydroxylation is 1. The molecule has 0 unspecified atom stereocenters. The zero-order chi connectivity index (χ0) is 15.8. The molecule has 0 heterocycles. The third-order valence-corrected chi connectivity index (χ3v) is 5.02. The number of hydrogen-bond donors (Lipinski definition) is 2. The molecule has 1 saturated carbocycles. The van der Waals surface area contributed by atoms with Crippen LogP contribution in [0.3, 0.4) is 0 Å². The van der Waals surface area contributed by atoms with Crippen LogP contribution >= 0.6 is 0 Å². The van der Waals surface area contributed by atoms with Crippen LogP contribution in [0.5, 0.6) is 0 Å². The Balaban J connectivity index is 2.25. The lowest BCUT2D eigenvalue weighted by Gasteiger charge is -2.09. The maximum absolute atomic E-state index is 12.5. The third-order valence-electron chi connectivity index (χ3n) is 5.02. The second-order valence-electron chi connectivity index (χ2n) is 6.86. The Morgan fingerprint density at radius 2 is 1.90 bits per heavy atom. The molecular formula is C18H23NO2. The molecule has 0 radical (unpaired) electrons. The van der Waals surface area contributed by atoms with Crippen LogP contribution < -0.4 is 5.32 Å². The van der Waals surface area contributed by atoms with Crippen LogP contribution in [0.25, 0.3) is 0 Å². The molecule has 3 heteroatoms. The minimum atomic E-state index is -0.211. The fraction of sp³-hybridized carbons (Fsp3) is 0.500. The van der Waals surface area contributed by atoms with E-state index in [9.17, 15) is 4.79 Å². The summed E-state index contributed by atoms with van der Waals surface area (Å²) >= 11 is 0. The second-order valence-corrected chi connectivity index (χ2v) is 6.86. The van der Waals surface area contributed by atoms with Gasteiger partial charge in [0.15, 0.2) is 0 Å². The van der Waals surface area contributed by atoms with Crippen LogP contribution in [0.4, 0.5) is 0 Å². The lowest BCUT2D eigenvalue weighted by molar-refractivity contribution is 0.0943. The lowest BCUT2D eigenvalue weighted by atomic mass is 10.0. The highest BCUT2D eigenvalue weighted by Crippen LogP contribution is 2.62. The highest BCUT2D eigenvalue weighted by Gasteiger charge is 2.65. The van der Waals surface area contributed by atoms with Crippen molar-refractivity contribution in [3.63, 3.8) is 0 Å². The molecule has 1 aliphatic carbocycles. The predicted molar refractivity (Wildman–Crippen MR) is 84.0 cm³/mol. The summed E-state index contributed by atoms with van der Waals surface area (Å²) in [5.41, 5.74) is 2.48. The molecule has 0 aromatic heterocycles. The molecule has 1 aliphatic rings. The molecule has 1 fully saturated rings. The van der Waals surface area contributed by atoms with Gasteiger partial charge in [0.1, 0.15) is 6.61 Å². The SMILES string of the molecule is Cc1ccc(C(=O)NC2C(C)(C)C2(C)C)c(C#CCO)c1. The topological polar surface area (TPSA) is 49.3 Å². The molecule has 1 aromatic carbocycles. The molecule has 2 rings (SSSR count). The monoisotopic (exact) mass is 285 g/mol. The van der Waals surface area contributed by atoms with E-state index in [2.05, 4.69) is 44.9 Å². The van der Waals surface area contributed by atoms with Crippen molar-refractivity contribution in [1.29, 1.82) is 0 Å². The molecule has 0 saturated heterocycles. The summed E-state index contributed by atoms with van der Waals surface area (Å²) < 4.78 is 0. The summed E-state index contributed by atoms with van der Waals surface area (Å²) in [5, 5.41) is 12.0. The minimum Gasteiger partial charge on any atom is -0.384 e. The Hall–Kier alpha value is -1.79. The summed E-state index contributed by atoms with van der Waals surface area (Å²) in [6, 6.07) is 5.75. The fourth-order valence-corrected chi connectivity index (χ4v) is 2.86. The first kappa shape index (κ1) is 15.6. The highest BCUT2D eigenvalue weighted by atomic mass is 16.2. The quantitative estimate of drug-likeness (QED) is 0.820. The molecular weight excluding hydrogens is 262 g/mol. The molecule has 0 aliphatic heterocycles. The van der Waals surface area contributed by atoms with Gasteiger partial charge < -0.3 is 10.4 Å². The molecule has 1 aromatic rings. The number of hydrogen-bond acceptors (Lipinski definition) is 2. The van der Waals surface area contributed by atoms with Gasteiger partial charge in [0.25, 0.3) is 5.91 Å². The largest absolute Gasteiger partial charge is 0.384 e. The van der Waals surface area contributed by atoms with Crippen LogP contribution in [0.15, 0.2) is 18.2 Å². The number of aliphatic hydroxyl groups is 1. The first-order valence-corrected chi connectivity index (χ1v) is 7.23. The molecule has 0 spiro atoms. The molecule has 21 heavy (non-hydrogen) atoms. The number of carbonyl (C=O) groups is 1. The Morgan fingerprint density at radius 1 is 1.29 bits per heavy atom. The molecule has 3 nitrogen and oxygen atoms in total. The van der Waals surface area contributed by atoms with Gasteiger partial charge in [-0.2, -0.15) is 0 Å². The van der Waals surface area contributed by atoms with Crippen molar-refractivity contribution in [2.75, 3.05) is 6.61 Å². The van der Waals surface area contributed by atoms with Crippen molar-refractivity contribution >= 4 is 5.91 Å². The molecule has 112 valence electrons. The summed E-state index contributed by atoms with van der Waals surface area (Å²) in [6.45, 7) is 10.4. The maximum atomic E-state index is 12.5. The van der Waals surface area contributed by atoms with E-state index in [0.29, 0.717) is 11.1 Å². The zero-order valence-electron chi connectivity index (χ0n) is 13.4. The van der Waals surface area contributed by atoms with Crippen LogP contribution in [0.1, 0.15) is 49.2 Å². The summed E-state index contributed by atoms with van der Waals surface area (Å²) in [4.78, 5) is 12.5. The Labute approximate surface area is 126 Å². The van der Waals surface area contributed by atoms with Crippen molar-refractivity contribution in [3.8, 4) is 11.8 Å². The number of benzene rings is 1. The predicted octanol–water partition coefficient (Wildman–Crippen LogP) is 2.50. The van der Waals surface area contributed by atoms with E-state index in [0.717, 1.165) is 5.56 Å². The number of nitrogens with one attached hydrogen (secondary N) is 1. The number of rotatable bonds is 2. The average molecular weight is 285 g/mol. The Kier molecular flexibility index (Phi) is 3.86. The van der Waals surface area contributed by atoms with Crippen LogP contribution in [0.2, 0.25) is 0 Å². The first-order valence-electron chi connectivity index (χ1n) is 7.23. The normalized spacial score (nSPS) is 18.6. The van der Waals surface area contributed by atoms with Gasteiger partial charge in [-0.1, -0.05) is 45.6 Å². The van der Waals surface area contributed by atoms with E-state index >= 15 is 0 Å². The number of amides is 1. The highest BCUT2D eigenvalue weighted by molar-refractivity contribution is 5.97. The van der Waals surface area contributed by atoms with Crippen molar-refractivity contribution in [2.24, 2.45) is 10.8 Å². The standard InChI is InChI=1S/C18H23NO2/c1-12-8-9-14(13(11-12)7-6-10-20)15(21)19-16-17(2,3)18(16,4)5/h8-9,11,16,20H,10H2,1-5H3,(H,19,21). The molecule has 1 amide bonds. The summed E-state index contributed by atoms with van der Waals surface area (Å²) in [5.74, 6) is 5.38. The summed E-state index contributed by atoms with van der Waals surface area (Å²) in [6.07, 6.45) is 0. The van der Waals surface area contributed by atoms with Gasteiger partial charge in [0.05, 0.1) is 5.56 Å². The second kappa shape index (κ2) is 5.20. The fourth-order valence-electron chi connectivity index (χ4n) is 2.86. The van der Waals surface area contributed by atoms with E-state index in [1.165, 1.54) is 0 Å². The van der Waals surface area contributed by atoms with E-state index in [-0.39, 0.29) is 29.4 Å². The lowest BCUT2D eigenvalue weighted by Crippen LogP contribution is -2.30. The van der Waals surface area contributed by atoms with Crippen molar-refractivity contribution in [2.45, 2.75) is 40.7 Å². The Morgan fingerprint density at radius 3 is 2.43 bits per heavy atom. The van der Waals surface area contributed by atoms with Crippen LogP contribution in [-0.4, -0.2) is 23.7 Å². The van der Waals surface area contributed by atoms with Gasteiger partial charge in [-0.05, 0) is 35.4 Å².